The van der Waals surface area contributed by atoms with Crippen LogP contribution in [0.3, 0.4) is 0 Å². The topological polar surface area (TPSA) is 76.3 Å². The second kappa shape index (κ2) is 7.65. The molecule has 0 amide bonds. The molecule has 1 heterocycles. The zero-order chi connectivity index (χ0) is 19.9. The maximum Gasteiger partial charge on any atom is 0.249 e. The molecule has 28 heavy (non-hydrogen) atoms. The lowest BCUT2D eigenvalue weighted by molar-refractivity contribution is 0.351. The Labute approximate surface area is 177 Å². The van der Waals surface area contributed by atoms with Crippen molar-refractivity contribution >= 4 is 44.8 Å². The summed E-state index contributed by atoms with van der Waals surface area (Å²) in [7, 11) is -3.83. The van der Waals surface area contributed by atoms with Crippen molar-refractivity contribution in [3.05, 3.63) is 63.4 Å². The van der Waals surface area contributed by atoms with E-state index in [1.807, 2.05) is 0 Å². The summed E-state index contributed by atoms with van der Waals surface area (Å²) in [5.74, 6) is 0.415. The lowest BCUT2D eigenvalue weighted by atomic mass is 10.2. The first-order chi connectivity index (χ1) is 13.3. The molecule has 1 aliphatic rings. The molecule has 6 nitrogen and oxygen atoms in total. The molecule has 1 aliphatic carbocycles. The number of hydrogen-bond donors (Lipinski definition) is 0. The Bertz CT molecular complexity index is 1110. The standard InChI is InChI=1S/C18H14Cl3N3O3S/c19-11-7-12(20)9-14(8-11)28(25,26)24(13-5-6-13)10-17-22-23-18(27-17)15-3-1-2-4-16(15)21/h1-4,7-9,13H,5-6,10H2. The highest BCUT2D eigenvalue weighted by Gasteiger charge is 2.39. The zero-order valence-corrected chi connectivity index (χ0v) is 17.4. The number of benzene rings is 2. The van der Waals surface area contributed by atoms with E-state index < -0.39 is 10.0 Å². The number of halogens is 3. The van der Waals surface area contributed by atoms with Crippen molar-refractivity contribution in [3.63, 3.8) is 0 Å². The van der Waals surface area contributed by atoms with Gasteiger partial charge in [0.05, 0.1) is 22.0 Å². The van der Waals surface area contributed by atoms with E-state index in [4.69, 9.17) is 39.2 Å². The van der Waals surface area contributed by atoms with Gasteiger partial charge < -0.3 is 4.42 Å². The molecule has 0 bridgehead atoms. The average molecular weight is 459 g/mol. The van der Waals surface area contributed by atoms with E-state index in [-0.39, 0.29) is 39.3 Å². The first kappa shape index (κ1) is 19.7. The average Bonchev–Trinajstić information content (AvgIpc) is 3.37. The quantitative estimate of drug-likeness (QED) is 0.516. The summed E-state index contributed by atoms with van der Waals surface area (Å²) in [4.78, 5) is 0.0303. The van der Waals surface area contributed by atoms with Crippen molar-refractivity contribution in [1.29, 1.82) is 0 Å². The molecule has 1 fully saturated rings. The molecular weight excluding hydrogens is 445 g/mol. The van der Waals surface area contributed by atoms with Gasteiger partial charge in [-0.2, -0.15) is 4.31 Å². The molecule has 1 saturated carbocycles. The Hall–Kier alpha value is -1.64. The van der Waals surface area contributed by atoms with Gasteiger partial charge in [0, 0.05) is 16.1 Å². The smallest absolute Gasteiger partial charge is 0.249 e. The van der Waals surface area contributed by atoms with Crippen molar-refractivity contribution < 1.29 is 12.8 Å². The van der Waals surface area contributed by atoms with Gasteiger partial charge >= 0.3 is 0 Å². The predicted molar refractivity (Wildman–Crippen MR) is 107 cm³/mol. The molecule has 0 atom stereocenters. The van der Waals surface area contributed by atoms with Gasteiger partial charge in [0.25, 0.3) is 0 Å². The van der Waals surface area contributed by atoms with Crippen LogP contribution in [0, 0.1) is 0 Å². The van der Waals surface area contributed by atoms with E-state index in [1.165, 1.54) is 22.5 Å². The van der Waals surface area contributed by atoms with Crippen LogP contribution in [0.15, 0.2) is 51.8 Å². The molecule has 0 unspecified atom stereocenters. The van der Waals surface area contributed by atoms with Crippen LogP contribution in [0.1, 0.15) is 18.7 Å². The summed E-state index contributed by atoms with van der Waals surface area (Å²) in [5, 5.41) is 8.96. The van der Waals surface area contributed by atoms with E-state index >= 15 is 0 Å². The van der Waals surface area contributed by atoms with E-state index in [9.17, 15) is 8.42 Å². The molecule has 4 rings (SSSR count). The number of sulfonamides is 1. The van der Waals surface area contributed by atoms with Crippen LogP contribution < -0.4 is 0 Å². The van der Waals surface area contributed by atoms with Crippen LogP contribution >= 0.6 is 34.8 Å². The highest BCUT2D eigenvalue weighted by molar-refractivity contribution is 7.89. The summed E-state index contributed by atoms with van der Waals surface area (Å²) >= 11 is 18.1. The summed E-state index contributed by atoms with van der Waals surface area (Å²) in [5.41, 5.74) is 0.588. The van der Waals surface area contributed by atoms with Gasteiger partial charge in [-0.15, -0.1) is 10.2 Å². The zero-order valence-electron chi connectivity index (χ0n) is 14.3. The fourth-order valence-corrected chi connectivity index (χ4v) is 5.36. The third kappa shape index (κ3) is 4.04. The van der Waals surface area contributed by atoms with Crippen LogP contribution in [0.4, 0.5) is 0 Å². The molecule has 0 N–H and O–H groups in total. The molecule has 0 aliphatic heterocycles. The predicted octanol–water partition coefficient (Wildman–Crippen LogP) is 5.05. The van der Waals surface area contributed by atoms with E-state index in [0.29, 0.717) is 10.6 Å². The number of rotatable bonds is 6. The normalized spacial score (nSPS) is 14.6. The summed E-state index contributed by atoms with van der Waals surface area (Å²) in [6, 6.07) is 11.2. The van der Waals surface area contributed by atoms with Crippen molar-refractivity contribution in [3.8, 4) is 11.5 Å². The SMILES string of the molecule is O=S(=O)(c1cc(Cl)cc(Cl)c1)N(Cc1nnc(-c2ccccc2Cl)o1)C1CC1. The van der Waals surface area contributed by atoms with Crippen LogP contribution in [-0.2, 0) is 16.6 Å². The van der Waals surface area contributed by atoms with Crippen LogP contribution in [-0.4, -0.2) is 29.0 Å². The molecule has 3 aromatic rings. The minimum atomic E-state index is -3.83. The van der Waals surface area contributed by atoms with Crippen molar-refractivity contribution in [2.24, 2.45) is 0 Å². The number of hydrogen-bond acceptors (Lipinski definition) is 5. The number of aromatic nitrogens is 2. The van der Waals surface area contributed by atoms with E-state index in [0.717, 1.165) is 12.8 Å². The van der Waals surface area contributed by atoms with Crippen LogP contribution in [0.5, 0.6) is 0 Å². The molecule has 0 radical (unpaired) electrons. The maximum absolute atomic E-state index is 13.2. The van der Waals surface area contributed by atoms with Gasteiger partial charge in [0.1, 0.15) is 0 Å². The molecule has 2 aromatic carbocycles. The fourth-order valence-electron chi connectivity index (χ4n) is 2.78. The van der Waals surface area contributed by atoms with Crippen molar-refractivity contribution in [1.82, 2.24) is 14.5 Å². The maximum atomic E-state index is 13.2. The second-order valence-electron chi connectivity index (χ2n) is 6.37. The first-order valence-electron chi connectivity index (χ1n) is 8.40. The van der Waals surface area contributed by atoms with Crippen LogP contribution in [0.2, 0.25) is 15.1 Å². The van der Waals surface area contributed by atoms with E-state index in [1.54, 1.807) is 24.3 Å². The fraction of sp³-hybridized carbons (Fsp3) is 0.222. The summed E-state index contributed by atoms with van der Waals surface area (Å²) in [6.07, 6.45) is 1.53. The Balaban J connectivity index is 1.64. The largest absolute Gasteiger partial charge is 0.419 e. The Morgan fingerprint density at radius 2 is 1.71 bits per heavy atom. The van der Waals surface area contributed by atoms with Gasteiger partial charge in [-0.05, 0) is 43.2 Å². The Morgan fingerprint density at radius 3 is 2.36 bits per heavy atom. The molecular formula is C18H14Cl3N3O3S. The van der Waals surface area contributed by atoms with Crippen LogP contribution in [0.25, 0.3) is 11.5 Å². The Morgan fingerprint density at radius 1 is 1.04 bits per heavy atom. The second-order valence-corrected chi connectivity index (χ2v) is 9.54. The minimum absolute atomic E-state index is 0.0303. The highest BCUT2D eigenvalue weighted by Crippen LogP contribution is 2.35. The van der Waals surface area contributed by atoms with Gasteiger partial charge in [0.15, 0.2) is 0 Å². The van der Waals surface area contributed by atoms with Gasteiger partial charge in [-0.1, -0.05) is 46.9 Å². The lowest BCUT2D eigenvalue weighted by Gasteiger charge is -2.20. The Kier molecular flexibility index (Phi) is 5.37. The van der Waals surface area contributed by atoms with Crippen molar-refractivity contribution in [2.45, 2.75) is 30.3 Å². The van der Waals surface area contributed by atoms with E-state index in [2.05, 4.69) is 10.2 Å². The third-order valence-electron chi connectivity index (χ3n) is 4.26. The molecule has 1 aromatic heterocycles. The summed E-state index contributed by atoms with van der Waals surface area (Å²) in [6.45, 7) is -0.0470. The van der Waals surface area contributed by atoms with Gasteiger partial charge in [-0.3, -0.25) is 0 Å². The summed E-state index contributed by atoms with van der Waals surface area (Å²) < 4.78 is 33.3. The van der Waals surface area contributed by atoms with Gasteiger partial charge in [-0.25, -0.2) is 8.42 Å². The molecule has 0 saturated heterocycles. The first-order valence-corrected chi connectivity index (χ1v) is 11.0. The molecule has 10 heteroatoms. The molecule has 0 spiro atoms. The molecule has 146 valence electrons. The third-order valence-corrected chi connectivity index (χ3v) is 6.90. The lowest BCUT2D eigenvalue weighted by Crippen LogP contribution is -2.32. The number of nitrogens with zero attached hydrogens (tertiary/aromatic N) is 3. The minimum Gasteiger partial charge on any atom is -0.419 e. The van der Waals surface area contributed by atoms with Gasteiger partial charge in [0.2, 0.25) is 21.8 Å². The monoisotopic (exact) mass is 457 g/mol. The van der Waals surface area contributed by atoms with Crippen molar-refractivity contribution in [2.75, 3.05) is 0 Å². The highest BCUT2D eigenvalue weighted by atomic mass is 35.5.